The van der Waals surface area contributed by atoms with Crippen LogP contribution in [0.4, 0.5) is 0 Å². The molecule has 5 nitrogen and oxygen atoms in total. The summed E-state index contributed by atoms with van der Waals surface area (Å²) < 4.78 is 23.2. The van der Waals surface area contributed by atoms with Gasteiger partial charge in [-0.1, -0.05) is 20.3 Å². The van der Waals surface area contributed by atoms with Gasteiger partial charge in [0, 0.05) is 18.3 Å². The monoisotopic (exact) mass is 278 g/mol. The molecule has 0 saturated heterocycles. The van der Waals surface area contributed by atoms with Crippen LogP contribution in [0.1, 0.15) is 40.5 Å². The van der Waals surface area contributed by atoms with Crippen LogP contribution in [0.2, 0.25) is 0 Å². The van der Waals surface area contributed by atoms with Crippen molar-refractivity contribution in [1.82, 2.24) is 4.90 Å². The molecule has 2 atom stereocenters. The summed E-state index contributed by atoms with van der Waals surface area (Å²) in [6, 6.07) is -0.850. The molecule has 0 aliphatic heterocycles. The number of hydrogen-bond acceptors (Lipinski definition) is 4. The van der Waals surface area contributed by atoms with Gasteiger partial charge in [-0.2, -0.15) is 0 Å². The van der Waals surface area contributed by atoms with E-state index in [2.05, 4.69) is 0 Å². The molecule has 0 fully saturated rings. The first-order valence-electron chi connectivity index (χ1n) is 6.55. The fraction of sp³-hybridized carbons (Fsp3) is 0.917. The van der Waals surface area contributed by atoms with Crippen LogP contribution in [0.25, 0.3) is 0 Å². The van der Waals surface area contributed by atoms with E-state index in [1.807, 2.05) is 13.8 Å². The lowest BCUT2D eigenvalue weighted by atomic mass is 10.1. The highest BCUT2D eigenvalue weighted by Crippen LogP contribution is 2.08. The second-order valence-electron chi connectivity index (χ2n) is 4.57. The van der Waals surface area contributed by atoms with Crippen LogP contribution in [-0.2, 0) is 14.6 Å². The number of rotatable bonds is 8. The maximum Gasteiger partial charge on any atom is 0.239 e. The second kappa shape index (κ2) is 7.74. The smallest absolute Gasteiger partial charge is 0.239 e. The Balaban J connectivity index is 4.72. The minimum Gasteiger partial charge on any atom is -0.338 e. The Labute approximate surface area is 111 Å². The van der Waals surface area contributed by atoms with Gasteiger partial charge in [-0.05, 0) is 20.3 Å². The highest BCUT2D eigenvalue weighted by molar-refractivity contribution is 7.91. The van der Waals surface area contributed by atoms with E-state index in [-0.39, 0.29) is 23.5 Å². The second-order valence-corrected chi connectivity index (χ2v) is 6.97. The molecule has 0 aromatic heterocycles. The first-order chi connectivity index (χ1) is 8.29. The van der Waals surface area contributed by atoms with E-state index in [9.17, 15) is 13.2 Å². The van der Waals surface area contributed by atoms with Gasteiger partial charge in [-0.3, -0.25) is 4.79 Å². The largest absolute Gasteiger partial charge is 0.338 e. The first-order valence-corrected chi connectivity index (χ1v) is 8.37. The van der Waals surface area contributed by atoms with Crippen molar-refractivity contribution in [2.24, 2.45) is 5.73 Å². The van der Waals surface area contributed by atoms with Gasteiger partial charge in [-0.25, -0.2) is 8.42 Å². The van der Waals surface area contributed by atoms with Crippen molar-refractivity contribution in [1.29, 1.82) is 0 Å². The van der Waals surface area contributed by atoms with E-state index in [0.29, 0.717) is 13.0 Å². The summed E-state index contributed by atoms with van der Waals surface area (Å²) in [4.78, 5) is 13.6. The molecule has 2 unspecified atom stereocenters. The SMILES string of the molecule is CCCC(N)C(=O)N(CC)C(C)CS(=O)(=O)CC. The van der Waals surface area contributed by atoms with E-state index >= 15 is 0 Å². The molecule has 0 saturated carbocycles. The molecule has 0 aromatic rings. The zero-order valence-corrected chi connectivity index (χ0v) is 12.7. The summed E-state index contributed by atoms with van der Waals surface area (Å²) in [5, 5.41) is 0. The first kappa shape index (κ1) is 17.4. The van der Waals surface area contributed by atoms with Crippen LogP contribution < -0.4 is 5.73 Å². The zero-order chi connectivity index (χ0) is 14.3. The van der Waals surface area contributed by atoms with Crippen LogP contribution in [0.3, 0.4) is 0 Å². The fourth-order valence-electron chi connectivity index (χ4n) is 1.91. The van der Waals surface area contributed by atoms with Gasteiger partial charge in [-0.15, -0.1) is 0 Å². The summed E-state index contributed by atoms with van der Waals surface area (Å²) in [6.07, 6.45) is 1.47. The molecule has 0 aromatic carbocycles. The van der Waals surface area contributed by atoms with Gasteiger partial charge in [0.25, 0.3) is 0 Å². The van der Waals surface area contributed by atoms with Crippen molar-refractivity contribution >= 4 is 15.7 Å². The Morgan fingerprint density at radius 3 is 2.22 bits per heavy atom. The number of carbonyl (C=O) groups excluding carboxylic acids is 1. The third kappa shape index (κ3) is 5.35. The van der Waals surface area contributed by atoms with Crippen LogP contribution in [0.5, 0.6) is 0 Å². The van der Waals surface area contributed by atoms with E-state index in [1.54, 1.807) is 18.7 Å². The summed E-state index contributed by atoms with van der Waals surface area (Å²) in [6.45, 7) is 7.66. The molecule has 2 N–H and O–H groups in total. The lowest BCUT2D eigenvalue weighted by Gasteiger charge is -2.30. The Morgan fingerprint density at radius 1 is 1.28 bits per heavy atom. The average Bonchev–Trinajstić information content (AvgIpc) is 2.29. The van der Waals surface area contributed by atoms with Crippen LogP contribution in [-0.4, -0.2) is 49.4 Å². The number of nitrogens with two attached hydrogens (primary N) is 1. The number of sulfone groups is 1. The van der Waals surface area contributed by atoms with Crippen molar-refractivity contribution in [3.8, 4) is 0 Å². The predicted molar refractivity (Wildman–Crippen MR) is 74.1 cm³/mol. The molecule has 0 aliphatic carbocycles. The molecule has 1 amide bonds. The average molecular weight is 278 g/mol. The molecule has 0 aliphatic rings. The molecule has 0 bridgehead atoms. The molecule has 0 radical (unpaired) electrons. The number of likely N-dealkylation sites (N-methyl/N-ethyl adjacent to an activating group) is 1. The maximum absolute atomic E-state index is 12.1. The van der Waals surface area contributed by atoms with Crippen LogP contribution in [0.15, 0.2) is 0 Å². The van der Waals surface area contributed by atoms with Crippen LogP contribution in [0, 0.1) is 0 Å². The number of carbonyl (C=O) groups is 1. The standard InChI is InChI=1S/C12H26N2O3S/c1-5-8-11(13)12(15)14(6-2)10(4)9-18(16,17)7-3/h10-11H,5-9,13H2,1-4H3. The highest BCUT2D eigenvalue weighted by atomic mass is 32.2. The quantitative estimate of drug-likeness (QED) is 0.711. The number of nitrogens with zero attached hydrogens (tertiary/aromatic N) is 1. The van der Waals surface area contributed by atoms with Crippen LogP contribution >= 0.6 is 0 Å². The highest BCUT2D eigenvalue weighted by Gasteiger charge is 2.26. The van der Waals surface area contributed by atoms with E-state index in [0.717, 1.165) is 6.42 Å². The summed E-state index contributed by atoms with van der Waals surface area (Å²) in [7, 11) is -3.08. The fourth-order valence-corrected chi connectivity index (χ4v) is 3.06. The van der Waals surface area contributed by atoms with E-state index < -0.39 is 15.9 Å². The summed E-state index contributed by atoms with van der Waals surface area (Å²) in [5.74, 6) is -0.0513. The minimum absolute atomic E-state index is 0.00191. The maximum atomic E-state index is 12.1. The zero-order valence-electron chi connectivity index (χ0n) is 11.8. The van der Waals surface area contributed by atoms with Gasteiger partial charge in [0.2, 0.25) is 5.91 Å². The Hall–Kier alpha value is -0.620. The van der Waals surface area contributed by atoms with Crippen molar-refractivity contribution in [2.45, 2.75) is 52.6 Å². The molecule has 0 rings (SSSR count). The molecule has 108 valence electrons. The topological polar surface area (TPSA) is 80.5 Å². The Kier molecular flexibility index (Phi) is 7.47. The third-order valence-corrected chi connectivity index (χ3v) is 4.88. The van der Waals surface area contributed by atoms with Gasteiger partial charge in [0.15, 0.2) is 9.84 Å². The van der Waals surface area contributed by atoms with Crippen molar-refractivity contribution in [2.75, 3.05) is 18.1 Å². The van der Waals surface area contributed by atoms with E-state index in [4.69, 9.17) is 5.73 Å². The van der Waals surface area contributed by atoms with E-state index in [1.165, 1.54) is 0 Å². The Morgan fingerprint density at radius 2 is 1.83 bits per heavy atom. The van der Waals surface area contributed by atoms with Gasteiger partial charge >= 0.3 is 0 Å². The van der Waals surface area contributed by atoms with Gasteiger partial charge in [0.1, 0.15) is 0 Å². The summed E-state index contributed by atoms with van der Waals surface area (Å²) >= 11 is 0. The van der Waals surface area contributed by atoms with Gasteiger partial charge < -0.3 is 10.6 Å². The minimum atomic E-state index is -3.08. The molecular weight excluding hydrogens is 252 g/mol. The predicted octanol–water partition coefficient (Wildman–Crippen LogP) is 0.786. The molecule has 18 heavy (non-hydrogen) atoms. The van der Waals surface area contributed by atoms with Crippen molar-refractivity contribution in [3.63, 3.8) is 0 Å². The lowest BCUT2D eigenvalue weighted by molar-refractivity contribution is -0.134. The van der Waals surface area contributed by atoms with Gasteiger partial charge in [0.05, 0.1) is 11.8 Å². The lowest BCUT2D eigenvalue weighted by Crippen LogP contribution is -2.49. The molecule has 0 spiro atoms. The number of amides is 1. The summed E-state index contributed by atoms with van der Waals surface area (Å²) in [5.41, 5.74) is 5.80. The normalized spacial score (nSPS) is 15.2. The van der Waals surface area contributed by atoms with Crippen molar-refractivity contribution < 1.29 is 13.2 Å². The third-order valence-electron chi connectivity index (χ3n) is 3.01. The molecule has 0 heterocycles. The number of hydrogen-bond donors (Lipinski definition) is 1. The molecular formula is C12H26N2O3S. The molecule has 6 heteroatoms. The Bertz CT molecular complexity index is 354. The van der Waals surface area contributed by atoms with Crippen molar-refractivity contribution in [3.05, 3.63) is 0 Å².